The summed E-state index contributed by atoms with van der Waals surface area (Å²) in [5.74, 6) is -0.415. The molecule has 0 saturated heterocycles. The van der Waals surface area contributed by atoms with Gasteiger partial charge in [0.15, 0.2) is 5.43 Å². The first-order chi connectivity index (χ1) is 16.7. The topological polar surface area (TPSA) is 82.8 Å². The molecule has 2 N–H and O–H groups in total. The summed E-state index contributed by atoms with van der Waals surface area (Å²) in [7, 11) is 0. The molecule has 1 aromatic heterocycles. The van der Waals surface area contributed by atoms with Crippen LogP contribution < -0.4 is 15.6 Å². The van der Waals surface area contributed by atoms with Gasteiger partial charge in [0.1, 0.15) is 5.58 Å². The van der Waals surface area contributed by atoms with Crippen molar-refractivity contribution >= 4 is 28.5 Å². The number of benzene rings is 3. The number of hydrogen-bond acceptors (Lipinski definition) is 5. The van der Waals surface area contributed by atoms with Crippen LogP contribution in [0.15, 0.2) is 63.8 Å². The number of aryl methyl sites for hydroxylation is 2. The number of carboxylic acids is 1. The van der Waals surface area contributed by atoms with E-state index in [1.807, 2.05) is 32.9 Å². The van der Waals surface area contributed by atoms with Crippen molar-refractivity contribution in [3.05, 3.63) is 104 Å². The van der Waals surface area contributed by atoms with Crippen molar-refractivity contribution in [2.75, 3.05) is 10.2 Å². The number of rotatable bonds is 5. The fourth-order valence-corrected chi connectivity index (χ4v) is 4.95. The minimum absolute atomic E-state index is 0.0449. The number of aromatic carboxylic acids is 1. The number of carbonyl (C=O) groups is 1. The minimum Gasteiger partial charge on any atom is -0.478 e. The molecular formula is C29H28N2O4. The van der Waals surface area contributed by atoms with Crippen LogP contribution in [-0.2, 0) is 13.1 Å². The number of nitrogens with one attached hydrogen (secondary N) is 1. The molecule has 6 nitrogen and oxygen atoms in total. The molecule has 0 aliphatic carbocycles. The zero-order valence-electron chi connectivity index (χ0n) is 20.3. The molecule has 178 valence electrons. The highest BCUT2D eigenvalue weighted by Crippen LogP contribution is 2.35. The van der Waals surface area contributed by atoms with E-state index in [-0.39, 0.29) is 17.0 Å². The van der Waals surface area contributed by atoms with Crippen molar-refractivity contribution in [2.24, 2.45) is 0 Å². The van der Waals surface area contributed by atoms with Gasteiger partial charge in [-0.3, -0.25) is 4.79 Å². The van der Waals surface area contributed by atoms with Crippen LogP contribution in [0.25, 0.3) is 11.0 Å². The summed E-state index contributed by atoms with van der Waals surface area (Å²) in [6.45, 7) is 9.17. The lowest BCUT2D eigenvalue weighted by Crippen LogP contribution is -2.20. The monoisotopic (exact) mass is 468 g/mol. The van der Waals surface area contributed by atoms with Gasteiger partial charge in [0.25, 0.3) is 0 Å². The Morgan fingerprint density at radius 2 is 1.74 bits per heavy atom. The molecule has 2 heterocycles. The molecule has 35 heavy (non-hydrogen) atoms. The molecule has 0 saturated carbocycles. The molecule has 1 aliphatic rings. The van der Waals surface area contributed by atoms with Crippen molar-refractivity contribution in [2.45, 2.75) is 46.8 Å². The quantitative estimate of drug-likeness (QED) is 0.368. The molecule has 1 atom stereocenters. The van der Waals surface area contributed by atoms with E-state index in [1.165, 1.54) is 16.7 Å². The molecule has 5 rings (SSSR count). The Morgan fingerprint density at radius 3 is 2.51 bits per heavy atom. The Labute approximate surface area is 203 Å². The van der Waals surface area contributed by atoms with Gasteiger partial charge in [0, 0.05) is 24.3 Å². The summed E-state index contributed by atoms with van der Waals surface area (Å²) in [6, 6.07) is 16.8. The summed E-state index contributed by atoms with van der Waals surface area (Å²) in [5.41, 5.74) is 7.23. The van der Waals surface area contributed by atoms with Gasteiger partial charge < -0.3 is 19.7 Å². The van der Waals surface area contributed by atoms with Crippen molar-refractivity contribution in [3.8, 4) is 0 Å². The first-order valence-electron chi connectivity index (χ1n) is 11.7. The third kappa shape index (κ3) is 4.05. The Balaban J connectivity index is 1.60. The van der Waals surface area contributed by atoms with Crippen LogP contribution >= 0.6 is 0 Å². The molecule has 0 spiro atoms. The predicted molar refractivity (Wildman–Crippen MR) is 138 cm³/mol. The Kier molecular flexibility index (Phi) is 5.59. The number of hydrogen-bond donors (Lipinski definition) is 2. The first-order valence-corrected chi connectivity index (χ1v) is 11.7. The van der Waals surface area contributed by atoms with E-state index in [0.29, 0.717) is 41.2 Å². The van der Waals surface area contributed by atoms with E-state index < -0.39 is 5.97 Å². The average Bonchev–Trinajstić information content (AvgIpc) is 3.24. The fourth-order valence-electron chi connectivity index (χ4n) is 4.95. The van der Waals surface area contributed by atoms with Crippen LogP contribution in [0.1, 0.15) is 56.7 Å². The van der Waals surface area contributed by atoms with Crippen molar-refractivity contribution < 1.29 is 14.3 Å². The molecular weight excluding hydrogens is 440 g/mol. The molecule has 1 unspecified atom stereocenters. The maximum Gasteiger partial charge on any atom is 0.337 e. The molecule has 0 fully saturated rings. The van der Waals surface area contributed by atoms with Crippen LogP contribution in [0.2, 0.25) is 0 Å². The van der Waals surface area contributed by atoms with Gasteiger partial charge in [0.2, 0.25) is 5.88 Å². The van der Waals surface area contributed by atoms with Crippen LogP contribution in [0, 0.1) is 20.8 Å². The average molecular weight is 469 g/mol. The number of carboxylic acid groups (broad SMARTS) is 1. The highest BCUT2D eigenvalue weighted by molar-refractivity contribution is 5.94. The molecule has 3 aromatic carbocycles. The van der Waals surface area contributed by atoms with Gasteiger partial charge in [-0.2, -0.15) is 0 Å². The maximum atomic E-state index is 13.5. The summed E-state index contributed by atoms with van der Waals surface area (Å²) in [4.78, 5) is 27.3. The van der Waals surface area contributed by atoms with E-state index in [2.05, 4.69) is 35.3 Å². The molecule has 4 aromatic rings. The lowest BCUT2D eigenvalue weighted by atomic mass is 10.00. The van der Waals surface area contributed by atoms with Crippen LogP contribution in [-0.4, -0.2) is 11.1 Å². The van der Waals surface area contributed by atoms with Gasteiger partial charge in [-0.25, -0.2) is 4.79 Å². The lowest BCUT2D eigenvalue weighted by molar-refractivity contribution is 0.0698. The Morgan fingerprint density at radius 1 is 1.00 bits per heavy atom. The highest BCUT2D eigenvalue weighted by Gasteiger charge is 2.26. The zero-order valence-corrected chi connectivity index (χ0v) is 20.3. The predicted octanol–water partition coefficient (Wildman–Crippen LogP) is 6.11. The van der Waals surface area contributed by atoms with E-state index in [4.69, 9.17) is 4.42 Å². The minimum atomic E-state index is -0.998. The standard InChI is InChI=1S/C29H28N2O4/c1-16-9-10-20-14-31(15-21(20)11-16)28-18(3)26(32)24-13-17(2)12-23(27(24)35-28)19(4)30-25-8-6-5-7-22(25)29(33)34/h5-13,19,30H,14-15H2,1-4H3,(H,33,34). The van der Waals surface area contributed by atoms with Crippen molar-refractivity contribution in [3.63, 3.8) is 0 Å². The fraction of sp³-hybridized carbons (Fsp3) is 0.241. The normalized spacial score (nSPS) is 13.7. The molecule has 0 amide bonds. The summed E-state index contributed by atoms with van der Waals surface area (Å²) in [6.07, 6.45) is 0. The number of nitrogens with zero attached hydrogens (tertiary/aromatic N) is 1. The second-order valence-corrected chi connectivity index (χ2v) is 9.44. The summed E-state index contributed by atoms with van der Waals surface area (Å²) >= 11 is 0. The molecule has 6 heteroatoms. The van der Waals surface area contributed by atoms with Gasteiger partial charge in [-0.15, -0.1) is 0 Å². The second kappa shape index (κ2) is 8.62. The Bertz CT molecular complexity index is 1540. The third-order valence-corrected chi connectivity index (χ3v) is 6.73. The third-order valence-electron chi connectivity index (χ3n) is 6.73. The van der Waals surface area contributed by atoms with Crippen LogP contribution in [0.3, 0.4) is 0 Å². The van der Waals surface area contributed by atoms with E-state index >= 15 is 0 Å². The van der Waals surface area contributed by atoms with Gasteiger partial charge in [-0.05, 0) is 62.6 Å². The van der Waals surface area contributed by atoms with E-state index in [0.717, 1.165) is 11.1 Å². The van der Waals surface area contributed by atoms with Crippen LogP contribution in [0.5, 0.6) is 0 Å². The smallest absolute Gasteiger partial charge is 0.337 e. The van der Waals surface area contributed by atoms with Gasteiger partial charge in [0.05, 0.1) is 22.6 Å². The van der Waals surface area contributed by atoms with E-state index in [1.54, 1.807) is 24.3 Å². The van der Waals surface area contributed by atoms with Crippen LogP contribution in [0.4, 0.5) is 11.6 Å². The molecule has 1 aliphatic heterocycles. The van der Waals surface area contributed by atoms with Gasteiger partial charge in [-0.1, -0.05) is 42.0 Å². The number of para-hydroxylation sites is 1. The van der Waals surface area contributed by atoms with Gasteiger partial charge >= 0.3 is 5.97 Å². The Hall–Kier alpha value is -4.06. The SMILES string of the molecule is Cc1ccc2c(c1)CN(c1oc3c(C(C)Nc4ccccc4C(=O)O)cc(C)cc3c(=O)c1C)C2. The van der Waals surface area contributed by atoms with Crippen molar-refractivity contribution in [1.82, 2.24) is 0 Å². The number of fused-ring (bicyclic) bond motifs is 2. The van der Waals surface area contributed by atoms with Crippen molar-refractivity contribution in [1.29, 1.82) is 0 Å². The first kappa shape index (κ1) is 22.7. The van der Waals surface area contributed by atoms with E-state index in [9.17, 15) is 14.7 Å². The molecule has 0 radical (unpaired) electrons. The lowest BCUT2D eigenvalue weighted by Gasteiger charge is -2.22. The number of anilines is 2. The largest absolute Gasteiger partial charge is 0.478 e. The highest BCUT2D eigenvalue weighted by atomic mass is 16.4. The zero-order chi connectivity index (χ0) is 24.9. The summed E-state index contributed by atoms with van der Waals surface area (Å²) in [5, 5.41) is 13.4. The summed E-state index contributed by atoms with van der Waals surface area (Å²) < 4.78 is 6.51. The second-order valence-electron chi connectivity index (χ2n) is 9.44. The molecule has 0 bridgehead atoms. The maximum absolute atomic E-state index is 13.5.